The lowest BCUT2D eigenvalue weighted by atomic mass is 9.96. The molecular weight excluding hydrogens is 352 g/mol. The molecule has 2 N–H and O–H groups in total. The summed E-state index contributed by atoms with van der Waals surface area (Å²) in [5.41, 5.74) is 0.999. The van der Waals surface area contributed by atoms with Crippen molar-refractivity contribution in [2.24, 2.45) is 10.9 Å². The first-order valence-corrected chi connectivity index (χ1v) is 10.5. The van der Waals surface area contributed by atoms with E-state index < -0.39 is 10.0 Å². The second kappa shape index (κ2) is 9.89. The number of nitrogens with one attached hydrogen (secondary N) is 2. The van der Waals surface area contributed by atoms with Crippen LogP contribution in [-0.2, 0) is 21.3 Å². The van der Waals surface area contributed by atoms with Crippen LogP contribution in [0, 0.1) is 5.92 Å². The molecule has 1 aliphatic rings. The molecule has 0 aromatic heterocycles. The van der Waals surface area contributed by atoms with Crippen molar-refractivity contribution in [3.8, 4) is 0 Å². The zero-order valence-corrected chi connectivity index (χ0v) is 16.7. The van der Waals surface area contributed by atoms with Gasteiger partial charge in [-0.25, -0.2) is 13.1 Å². The van der Waals surface area contributed by atoms with Gasteiger partial charge in [0, 0.05) is 40.4 Å². The van der Waals surface area contributed by atoms with Gasteiger partial charge in [0.15, 0.2) is 5.96 Å². The summed E-state index contributed by atoms with van der Waals surface area (Å²) in [6.07, 6.45) is 3.42. The highest BCUT2D eigenvalue weighted by Crippen LogP contribution is 2.18. The predicted molar refractivity (Wildman–Crippen MR) is 104 cm³/mol. The zero-order valence-electron chi connectivity index (χ0n) is 15.9. The van der Waals surface area contributed by atoms with E-state index in [0.29, 0.717) is 6.54 Å². The molecule has 1 aliphatic heterocycles. The molecule has 1 aromatic carbocycles. The summed E-state index contributed by atoms with van der Waals surface area (Å²) in [6.45, 7) is 3.29. The van der Waals surface area contributed by atoms with Crippen molar-refractivity contribution in [1.29, 1.82) is 0 Å². The first-order valence-electron chi connectivity index (χ1n) is 8.98. The Hall–Kier alpha value is -1.64. The van der Waals surface area contributed by atoms with E-state index in [-0.39, 0.29) is 4.90 Å². The minimum atomic E-state index is -3.39. The molecule has 0 radical (unpaired) electrons. The van der Waals surface area contributed by atoms with Crippen LogP contribution in [0.3, 0.4) is 0 Å². The Morgan fingerprint density at radius 2 is 1.92 bits per heavy atom. The van der Waals surface area contributed by atoms with E-state index in [0.717, 1.165) is 56.5 Å². The number of ether oxygens (including phenoxy) is 1. The summed E-state index contributed by atoms with van der Waals surface area (Å²) < 4.78 is 31.2. The second-order valence-electron chi connectivity index (χ2n) is 6.52. The summed E-state index contributed by atoms with van der Waals surface area (Å²) in [5, 5.41) is 3.33. The van der Waals surface area contributed by atoms with Gasteiger partial charge in [-0.15, -0.1) is 0 Å². The van der Waals surface area contributed by atoms with Crippen LogP contribution < -0.4 is 10.0 Å². The number of aliphatic imine (C=N–C) groups is 1. The van der Waals surface area contributed by atoms with Gasteiger partial charge in [0.25, 0.3) is 0 Å². The van der Waals surface area contributed by atoms with E-state index in [1.807, 2.05) is 19.2 Å². The maximum Gasteiger partial charge on any atom is 0.240 e. The molecule has 1 fully saturated rings. The lowest BCUT2D eigenvalue weighted by molar-refractivity contribution is 0.0625. The Kier molecular flexibility index (Phi) is 7.86. The van der Waals surface area contributed by atoms with Gasteiger partial charge in [-0.05, 0) is 49.9 Å². The molecule has 0 bridgehead atoms. The number of hydrogen-bond donors (Lipinski definition) is 2. The van der Waals surface area contributed by atoms with Crippen molar-refractivity contribution in [3.63, 3.8) is 0 Å². The average molecular weight is 383 g/mol. The molecule has 0 saturated carbocycles. The van der Waals surface area contributed by atoms with Gasteiger partial charge >= 0.3 is 0 Å². The summed E-state index contributed by atoms with van der Waals surface area (Å²) in [5.74, 6) is 1.56. The van der Waals surface area contributed by atoms with Crippen LogP contribution in [-0.4, -0.2) is 60.2 Å². The van der Waals surface area contributed by atoms with Crippen molar-refractivity contribution >= 4 is 16.0 Å². The number of sulfonamides is 1. The second-order valence-corrected chi connectivity index (χ2v) is 8.40. The van der Waals surface area contributed by atoms with Gasteiger partial charge in [0.2, 0.25) is 10.0 Å². The molecule has 0 unspecified atom stereocenters. The lowest BCUT2D eigenvalue weighted by Gasteiger charge is -2.26. The molecule has 8 heteroatoms. The summed E-state index contributed by atoms with van der Waals surface area (Å²) in [4.78, 5) is 6.74. The van der Waals surface area contributed by atoms with Crippen LogP contribution in [0.2, 0.25) is 0 Å². The third-order valence-electron chi connectivity index (χ3n) is 4.74. The third kappa shape index (κ3) is 5.96. The van der Waals surface area contributed by atoms with E-state index in [1.54, 1.807) is 19.2 Å². The Bertz CT molecular complexity index is 683. The monoisotopic (exact) mass is 382 g/mol. The minimum absolute atomic E-state index is 0.265. The summed E-state index contributed by atoms with van der Waals surface area (Å²) in [7, 11) is 1.83. The molecule has 7 nitrogen and oxygen atoms in total. The van der Waals surface area contributed by atoms with Crippen LogP contribution in [0.25, 0.3) is 0 Å². The Morgan fingerprint density at radius 1 is 1.27 bits per heavy atom. The fourth-order valence-electron chi connectivity index (χ4n) is 2.99. The van der Waals surface area contributed by atoms with E-state index >= 15 is 0 Å². The Balaban J connectivity index is 1.83. The van der Waals surface area contributed by atoms with Crippen molar-refractivity contribution in [2.75, 3.05) is 40.9 Å². The van der Waals surface area contributed by atoms with Gasteiger partial charge in [-0.2, -0.15) is 0 Å². The number of nitrogens with zero attached hydrogens (tertiary/aromatic N) is 2. The highest BCUT2D eigenvalue weighted by atomic mass is 32.2. The van der Waals surface area contributed by atoms with Crippen LogP contribution in [0.1, 0.15) is 24.8 Å². The highest BCUT2D eigenvalue weighted by molar-refractivity contribution is 7.89. The van der Waals surface area contributed by atoms with Gasteiger partial charge in [0.1, 0.15) is 0 Å². The topological polar surface area (TPSA) is 83.0 Å². The Morgan fingerprint density at radius 3 is 2.50 bits per heavy atom. The van der Waals surface area contributed by atoms with Gasteiger partial charge in [-0.1, -0.05) is 12.1 Å². The number of benzene rings is 1. The molecule has 26 heavy (non-hydrogen) atoms. The summed E-state index contributed by atoms with van der Waals surface area (Å²) >= 11 is 0. The van der Waals surface area contributed by atoms with E-state index in [2.05, 4.69) is 19.9 Å². The van der Waals surface area contributed by atoms with E-state index in [9.17, 15) is 8.42 Å². The van der Waals surface area contributed by atoms with E-state index in [1.165, 1.54) is 7.05 Å². The fraction of sp³-hybridized carbons (Fsp3) is 0.611. The lowest BCUT2D eigenvalue weighted by Crippen LogP contribution is -2.39. The van der Waals surface area contributed by atoms with Crippen LogP contribution in [0.15, 0.2) is 34.2 Å². The first kappa shape index (κ1) is 20.7. The third-order valence-corrected chi connectivity index (χ3v) is 6.17. The molecule has 0 atom stereocenters. The quantitative estimate of drug-likeness (QED) is 0.550. The number of hydrogen-bond acceptors (Lipinski definition) is 4. The molecule has 2 rings (SSSR count). The predicted octanol–water partition coefficient (Wildman–Crippen LogP) is 1.42. The number of guanidine groups is 1. The average Bonchev–Trinajstić information content (AvgIpc) is 2.68. The van der Waals surface area contributed by atoms with E-state index in [4.69, 9.17) is 4.74 Å². The molecule has 0 amide bonds. The normalized spacial score (nSPS) is 16.5. The maximum atomic E-state index is 11.8. The fourth-order valence-corrected chi connectivity index (χ4v) is 3.72. The van der Waals surface area contributed by atoms with Gasteiger partial charge < -0.3 is 15.0 Å². The standard InChI is InChI=1S/C18H30N4O3S/c1-19-18(22(3)11-8-15-9-12-25-13-10-15)21-14-16-4-6-17(7-5-16)26(23,24)20-2/h4-7,15,20H,8-14H2,1-3H3,(H,19,21). The smallest absolute Gasteiger partial charge is 0.240 e. The molecule has 0 aliphatic carbocycles. The summed E-state index contributed by atoms with van der Waals surface area (Å²) in [6, 6.07) is 6.85. The molecule has 146 valence electrons. The molecular formula is C18H30N4O3S. The van der Waals surface area contributed by atoms with Crippen molar-refractivity contribution < 1.29 is 13.2 Å². The first-order chi connectivity index (χ1) is 12.5. The molecule has 1 saturated heterocycles. The van der Waals surface area contributed by atoms with Crippen molar-refractivity contribution in [3.05, 3.63) is 29.8 Å². The van der Waals surface area contributed by atoms with Crippen LogP contribution in [0.4, 0.5) is 0 Å². The van der Waals surface area contributed by atoms with Crippen molar-refractivity contribution in [2.45, 2.75) is 30.7 Å². The Labute approximate surface area is 156 Å². The minimum Gasteiger partial charge on any atom is -0.381 e. The highest BCUT2D eigenvalue weighted by Gasteiger charge is 2.15. The van der Waals surface area contributed by atoms with Gasteiger partial charge in [-0.3, -0.25) is 4.99 Å². The van der Waals surface area contributed by atoms with Crippen molar-refractivity contribution in [1.82, 2.24) is 14.9 Å². The molecule has 1 aromatic rings. The molecule has 1 heterocycles. The zero-order chi connectivity index (χ0) is 19.0. The van der Waals surface area contributed by atoms with Crippen LogP contribution in [0.5, 0.6) is 0 Å². The number of rotatable bonds is 7. The largest absolute Gasteiger partial charge is 0.381 e. The SMILES string of the molecule is CN=C(NCc1ccc(S(=O)(=O)NC)cc1)N(C)CCC1CCOCC1. The van der Waals surface area contributed by atoms with Gasteiger partial charge in [0.05, 0.1) is 4.90 Å². The molecule has 0 spiro atoms. The maximum absolute atomic E-state index is 11.8. The van der Waals surface area contributed by atoms with Crippen LogP contribution >= 0.6 is 0 Å².